The van der Waals surface area contributed by atoms with Crippen molar-refractivity contribution in [3.05, 3.63) is 70.6 Å². The zero-order valence-corrected chi connectivity index (χ0v) is 24.3. The number of aromatic nitrogens is 2. The quantitative estimate of drug-likeness (QED) is 0.202. The van der Waals surface area contributed by atoms with Gasteiger partial charge in [-0.2, -0.15) is 10.5 Å². The van der Waals surface area contributed by atoms with E-state index in [0.29, 0.717) is 52.8 Å². The summed E-state index contributed by atoms with van der Waals surface area (Å²) >= 11 is 1.54. The predicted molar refractivity (Wildman–Crippen MR) is 162 cm³/mol. The SMILES string of the molecule is CC(C)(C)CNc1c(C#N)cnc2c(C#N)cc(N[C@H](C3=CN(C4(C(N)=O)CC4)NN3)c3cccc4ncsc34)cc12. The zero-order chi connectivity index (χ0) is 29.6. The molecule has 1 atom stereocenters. The summed E-state index contributed by atoms with van der Waals surface area (Å²) in [4.78, 5) is 21.2. The van der Waals surface area contributed by atoms with E-state index in [1.165, 1.54) is 17.5 Å². The Morgan fingerprint density at radius 1 is 1.21 bits per heavy atom. The van der Waals surface area contributed by atoms with Crippen molar-refractivity contribution in [3.8, 4) is 12.1 Å². The molecule has 4 aromatic rings. The number of carbonyl (C=O) groups is 1. The molecule has 6 N–H and O–H groups in total. The molecule has 11 nitrogen and oxygen atoms in total. The lowest BCUT2D eigenvalue weighted by Gasteiger charge is -2.24. The Labute approximate surface area is 247 Å². The summed E-state index contributed by atoms with van der Waals surface area (Å²) in [6.45, 7) is 6.95. The van der Waals surface area contributed by atoms with Crippen LogP contribution in [0.15, 0.2) is 53.9 Å². The highest BCUT2D eigenvalue weighted by atomic mass is 32.1. The molecule has 0 radical (unpaired) electrons. The molecule has 2 aromatic heterocycles. The number of carbonyl (C=O) groups excluding carboxylic acids is 1. The molecule has 212 valence electrons. The van der Waals surface area contributed by atoms with E-state index in [2.05, 4.69) is 64.5 Å². The number of nitriles is 2. The average Bonchev–Trinajstić information content (AvgIpc) is 3.39. The Kier molecular flexibility index (Phi) is 6.61. The molecule has 42 heavy (non-hydrogen) atoms. The first-order valence-corrected chi connectivity index (χ1v) is 14.4. The van der Waals surface area contributed by atoms with E-state index in [0.717, 1.165) is 21.5 Å². The number of primary amides is 1. The van der Waals surface area contributed by atoms with Crippen molar-refractivity contribution in [2.45, 2.75) is 45.2 Å². The Morgan fingerprint density at radius 2 is 2.00 bits per heavy atom. The van der Waals surface area contributed by atoms with Gasteiger partial charge in [0.15, 0.2) is 0 Å². The minimum Gasteiger partial charge on any atom is -0.383 e. The summed E-state index contributed by atoms with van der Waals surface area (Å²) in [7, 11) is 0. The minimum atomic E-state index is -0.764. The van der Waals surface area contributed by atoms with Crippen LogP contribution < -0.4 is 27.3 Å². The number of amides is 1. The smallest absolute Gasteiger partial charge is 0.244 e. The number of rotatable bonds is 8. The van der Waals surface area contributed by atoms with Crippen molar-refractivity contribution in [2.24, 2.45) is 11.1 Å². The molecule has 2 aliphatic rings. The first-order valence-electron chi connectivity index (χ1n) is 13.6. The molecule has 1 aliphatic carbocycles. The lowest BCUT2D eigenvalue weighted by molar-refractivity contribution is -0.124. The predicted octanol–water partition coefficient (Wildman–Crippen LogP) is 4.38. The van der Waals surface area contributed by atoms with Crippen molar-refractivity contribution >= 4 is 49.7 Å². The molecular formula is C30H30N10OS. The summed E-state index contributed by atoms with van der Waals surface area (Å²) in [5.74, 6) is -0.382. The van der Waals surface area contributed by atoms with E-state index in [9.17, 15) is 15.3 Å². The molecule has 0 bridgehead atoms. The van der Waals surface area contributed by atoms with Crippen LogP contribution >= 0.6 is 11.3 Å². The first-order chi connectivity index (χ1) is 20.1. The molecule has 1 fully saturated rings. The Balaban J connectivity index is 1.47. The van der Waals surface area contributed by atoms with Gasteiger partial charge in [-0.1, -0.05) is 32.9 Å². The number of hydrogen-bond donors (Lipinski definition) is 5. The molecule has 12 heteroatoms. The number of anilines is 2. The Hall–Kier alpha value is -4.91. The van der Waals surface area contributed by atoms with Crippen LogP contribution in [0, 0.1) is 28.1 Å². The zero-order valence-electron chi connectivity index (χ0n) is 23.4. The normalized spacial score (nSPS) is 16.3. The topological polar surface area (TPSA) is 168 Å². The Bertz CT molecular complexity index is 1840. The number of nitrogens with zero attached hydrogens (tertiary/aromatic N) is 5. The Morgan fingerprint density at radius 3 is 2.69 bits per heavy atom. The van der Waals surface area contributed by atoms with Crippen molar-refractivity contribution in [1.82, 2.24) is 25.9 Å². The largest absolute Gasteiger partial charge is 0.383 e. The highest BCUT2D eigenvalue weighted by Crippen LogP contribution is 2.43. The minimum absolute atomic E-state index is 0.0436. The van der Waals surface area contributed by atoms with Crippen LogP contribution in [0.1, 0.15) is 56.3 Å². The van der Waals surface area contributed by atoms with E-state index < -0.39 is 11.6 Å². The van der Waals surface area contributed by atoms with Gasteiger partial charge in [0.25, 0.3) is 0 Å². The third kappa shape index (κ3) is 4.81. The fourth-order valence-electron chi connectivity index (χ4n) is 5.16. The van der Waals surface area contributed by atoms with Crippen LogP contribution in [0.25, 0.3) is 21.1 Å². The van der Waals surface area contributed by atoms with Gasteiger partial charge in [0.2, 0.25) is 5.91 Å². The molecule has 1 aliphatic heterocycles. The molecule has 3 heterocycles. The van der Waals surface area contributed by atoms with Gasteiger partial charge in [-0.05, 0) is 42.0 Å². The number of hydrogen-bond acceptors (Lipinski definition) is 11. The van der Waals surface area contributed by atoms with Crippen molar-refractivity contribution in [1.29, 1.82) is 10.5 Å². The molecule has 2 aromatic carbocycles. The van der Waals surface area contributed by atoms with E-state index in [-0.39, 0.29) is 11.3 Å². The van der Waals surface area contributed by atoms with E-state index in [4.69, 9.17) is 5.73 Å². The third-order valence-electron chi connectivity index (χ3n) is 7.56. The second-order valence-corrected chi connectivity index (χ2v) is 12.7. The fourth-order valence-corrected chi connectivity index (χ4v) is 5.99. The van der Waals surface area contributed by atoms with Crippen LogP contribution in [0.4, 0.5) is 11.4 Å². The van der Waals surface area contributed by atoms with Gasteiger partial charge in [0, 0.05) is 30.0 Å². The summed E-state index contributed by atoms with van der Waals surface area (Å²) in [6, 6.07) is 13.7. The molecule has 0 unspecified atom stereocenters. The van der Waals surface area contributed by atoms with Gasteiger partial charge in [-0.25, -0.2) is 4.98 Å². The highest BCUT2D eigenvalue weighted by molar-refractivity contribution is 7.17. The lowest BCUT2D eigenvalue weighted by Crippen LogP contribution is -2.51. The molecule has 0 saturated heterocycles. The van der Waals surface area contributed by atoms with Crippen LogP contribution in [0.2, 0.25) is 0 Å². The maximum Gasteiger partial charge on any atom is 0.244 e. The number of thiazole rings is 1. The van der Waals surface area contributed by atoms with Gasteiger partial charge < -0.3 is 21.8 Å². The standard InChI is InChI=1S/C30H30N10OS/c1-29(2,3)15-35-25-18(12-32)13-34-24-17(11-31)9-19(10-21(24)25)37-26(20-5-4-6-22-27(20)42-16-36-22)23-14-40(39-38-23)30(7-8-30)28(33)41/h4-6,9-10,13-14,16,26,37-39H,7-8,15H2,1-3H3,(H2,33,41)(H,34,35)/t26-/m0/s1. The third-order valence-corrected chi connectivity index (χ3v) is 8.45. The maximum absolute atomic E-state index is 12.2. The molecule has 1 saturated carbocycles. The summed E-state index contributed by atoms with van der Waals surface area (Å²) in [5.41, 5.74) is 18.3. The average molecular weight is 579 g/mol. The molecule has 0 spiro atoms. The van der Waals surface area contributed by atoms with E-state index in [1.54, 1.807) is 11.1 Å². The second-order valence-electron chi connectivity index (χ2n) is 11.8. The molecular weight excluding hydrogens is 548 g/mol. The van der Waals surface area contributed by atoms with Gasteiger partial charge >= 0.3 is 0 Å². The van der Waals surface area contributed by atoms with E-state index >= 15 is 0 Å². The number of nitrogens with one attached hydrogen (secondary N) is 4. The van der Waals surface area contributed by atoms with Gasteiger partial charge in [-0.3, -0.25) is 14.8 Å². The lowest BCUT2D eigenvalue weighted by atomic mass is 9.96. The van der Waals surface area contributed by atoms with Crippen LogP contribution in [0.3, 0.4) is 0 Å². The van der Waals surface area contributed by atoms with Crippen molar-refractivity contribution < 1.29 is 4.79 Å². The van der Waals surface area contributed by atoms with Gasteiger partial charge in [0.05, 0.1) is 49.8 Å². The van der Waals surface area contributed by atoms with Crippen LogP contribution in [0.5, 0.6) is 0 Å². The number of hydrazine groups is 2. The number of nitrogens with two attached hydrogens (primary N) is 1. The number of fused-ring (bicyclic) bond motifs is 2. The van der Waals surface area contributed by atoms with Gasteiger partial charge in [-0.15, -0.1) is 16.9 Å². The monoisotopic (exact) mass is 578 g/mol. The van der Waals surface area contributed by atoms with Gasteiger partial charge in [0.1, 0.15) is 17.7 Å². The summed E-state index contributed by atoms with van der Waals surface area (Å²) in [6.07, 6.45) is 4.71. The highest BCUT2D eigenvalue weighted by Gasteiger charge is 2.54. The molecule has 1 amide bonds. The maximum atomic E-state index is 12.2. The fraction of sp³-hybridized carbons (Fsp3) is 0.300. The van der Waals surface area contributed by atoms with Crippen LogP contribution in [-0.2, 0) is 4.79 Å². The summed E-state index contributed by atoms with van der Waals surface area (Å²) < 4.78 is 1.01. The number of benzene rings is 2. The van der Waals surface area contributed by atoms with Crippen molar-refractivity contribution in [3.63, 3.8) is 0 Å². The van der Waals surface area contributed by atoms with Crippen LogP contribution in [-0.4, -0.2) is 33.0 Å². The number of pyridine rings is 1. The summed E-state index contributed by atoms with van der Waals surface area (Å²) in [5, 5.41) is 29.5. The second kappa shape index (κ2) is 10.2. The van der Waals surface area contributed by atoms with Crippen molar-refractivity contribution in [2.75, 3.05) is 17.2 Å². The molecule has 6 rings (SSSR count). The van der Waals surface area contributed by atoms with E-state index in [1.807, 2.05) is 36.0 Å². The first kappa shape index (κ1) is 27.3.